The number of hydrogen-bond donors (Lipinski definition) is 3. The predicted octanol–water partition coefficient (Wildman–Crippen LogP) is 2.94. The molecule has 92 valence electrons. The second-order valence-corrected chi connectivity index (χ2v) is 4.43. The maximum absolute atomic E-state index is 8.70. The zero-order chi connectivity index (χ0) is 13.0. The molecule has 2 aromatic carbocycles. The molecule has 0 atom stereocenters. The average molecular weight is 261 g/mol. The Morgan fingerprint density at radius 2 is 1.94 bits per heavy atom. The fourth-order valence-electron chi connectivity index (χ4n) is 1.56. The van der Waals surface area contributed by atoms with E-state index in [9.17, 15) is 0 Å². The van der Waals surface area contributed by atoms with Gasteiger partial charge in [-0.15, -0.1) is 0 Å². The van der Waals surface area contributed by atoms with E-state index < -0.39 is 0 Å². The summed E-state index contributed by atoms with van der Waals surface area (Å²) in [5.41, 5.74) is 5.85. The van der Waals surface area contributed by atoms with Gasteiger partial charge >= 0.3 is 0 Å². The van der Waals surface area contributed by atoms with E-state index in [0.717, 1.165) is 22.5 Å². The van der Waals surface area contributed by atoms with Gasteiger partial charge in [0.2, 0.25) is 0 Å². The van der Waals surface area contributed by atoms with E-state index in [0.29, 0.717) is 5.69 Å². The zero-order valence-corrected chi connectivity index (χ0v) is 10.1. The molecule has 18 heavy (non-hydrogen) atoms. The van der Waals surface area contributed by atoms with E-state index in [2.05, 4.69) is 9.88 Å². The highest BCUT2D eigenvalue weighted by molar-refractivity contribution is 8.26. The minimum Gasteiger partial charge on any atom is -0.378 e. The van der Waals surface area contributed by atoms with Gasteiger partial charge in [0.15, 0.2) is 5.17 Å². The van der Waals surface area contributed by atoms with Crippen LogP contribution in [0.5, 0.6) is 0 Å². The summed E-state index contributed by atoms with van der Waals surface area (Å²) >= 11 is 0.742. The Balaban J connectivity index is 2.47. The number of hydrogen-bond acceptors (Lipinski definition) is 5. The molecule has 2 rings (SSSR count). The summed E-state index contributed by atoms with van der Waals surface area (Å²) in [6.07, 6.45) is 0. The third-order valence-corrected chi connectivity index (χ3v) is 2.81. The first kappa shape index (κ1) is 12.4. The largest absolute Gasteiger partial charge is 0.378 e. The van der Waals surface area contributed by atoms with Crippen molar-refractivity contribution in [1.82, 2.24) is 0 Å². The van der Waals surface area contributed by atoms with Crippen LogP contribution in [-0.2, 0) is 4.89 Å². The summed E-state index contributed by atoms with van der Waals surface area (Å²) in [6, 6.07) is 13.3. The molecular formula is C12H11N3O2S. The van der Waals surface area contributed by atoms with Crippen molar-refractivity contribution in [2.45, 2.75) is 0 Å². The van der Waals surface area contributed by atoms with Crippen molar-refractivity contribution < 1.29 is 10.1 Å². The average Bonchev–Trinajstić information content (AvgIpc) is 2.38. The van der Waals surface area contributed by atoms with Crippen LogP contribution in [0.15, 0.2) is 47.5 Å². The first-order valence-corrected chi connectivity index (χ1v) is 5.92. The van der Waals surface area contributed by atoms with E-state index in [-0.39, 0.29) is 10.4 Å². The molecule has 0 aliphatic heterocycles. The van der Waals surface area contributed by atoms with Gasteiger partial charge in [0.25, 0.3) is 5.23 Å². The Morgan fingerprint density at radius 3 is 2.67 bits per heavy atom. The molecule has 0 heterocycles. The number of nitrogens with zero attached hydrogens (tertiary/aromatic N) is 1. The van der Waals surface area contributed by atoms with E-state index in [1.807, 2.05) is 36.4 Å². The topological polar surface area (TPSA) is 91.7 Å². The summed E-state index contributed by atoms with van der Waals surface area (Å²) in [4.78, 5) is 8.24. The lowest BCUT2D eigenvalue weighted by atomic mass is 10.1. The molecule has 0 saturated heterocycles. The molecule has 2 aromatic rings. The summed E-state index contributed by atoms with van der Waals surface area (Å²) in [6.45, 7) is 0. The standard InChI is InChI=1S/C12H11N3O2S/c13-11(14)18-12(17-16)15-10-7-3-5-8-4-1-2-6-9(8)10/h1-7,16H,(H3,13,14). The van der Waals surface area contributed by atoms with Crippen LogP contribution < -0.4 is 5.73 Å². The lowest BCUT2D eigenvalue weighted by molar-refractivity contribution is -0.150. The number of nitrogens with one attached hydrogen (secondary N) is 1. The van der Waals surface area contributed by atoms with E-state index in [4.69, 9.17) is 16.4 Å². The van der Waals surface area contributed by atoms with Crippen LogP contribution in [0, 0.1) is 5.41 Å². The molecule has 0 unspecified atom stereocenters. The number of amidine groups is 1. The molecule has 0 aliphatic carbocycles. The molecule has 0 fully saturated rings. The molecular weight excluding hydrogens is 250 g/mol. The molecule has 4 N–H and O–H groups in total. The van der Waals surface area contributed by atoms with E-state index in [1.165, 1.54) is 0 Å². The van der Waals surface area contributed by atoms with Gasteiger partial charge in [-0.25, -0.2) is 10.2 Å². The molecule has 0 spiro atoms. The molecule has 6 heteroatoms. The van der Waals surface area contributed by atoms with Crippen molar-refractivity contribution in [2.75, 3.05) is 0 Å². The Morgan fingerprint density at radius 1 is 1.22 bits per heavy atom. The normalized spacial score (nSPS) is 11.5. The number of thioether (sulfide) groups is 1. The first-order chi connectivity index (χ1) is 8.70. The lowest BCUT2D eigenvalue weighted by Crippen LogP contribution is -2.09. The Hall–Kier alpha value is -2.05. The number of aliphatic imine (C=N–C) groups is 1. The maximum Gasteiger partial charge on any atom is 0.299 e. The highest BCUT2D eigenvalue weighted by Crippen LogP contribution is 2.26. The monoisotopic (exact) mass is 261 g/mol. The third kappa shape index (κ3) is 2.79. The first-order valence-electron chi connectivity index (χ1n) is 5.10. The van der Waals surface area contributed by atoms with Gasteiger partial charge in [-0.1, -0.05) is 36.4 Å². The summed E-state index contributed by atoms with van der Waals surface area (Å²) < 4.78 is 0. The smallest absolute Gasteiger partial charge is 0.299 e. The lowest BCUT2D eigenvalue weighted by Gasteiger charge is -2.03. The van der Waals surface area contributed by atoms with Crippen LogP contribution in [-0.4, -0.2) is 15.7 Å². The van der Waals surface area contributed by atoms with Gasteiger partial charge in [0, 0.05) is 17.1 Å². The van der Waals surface area contributed by atoms with Gasteiger partial charge in [-0.3, -0.25) is 5.41 Å². The van der Waals surface area contributed by atoms with Crippen molar-refractivity contribution in [2.24, 2.45) is 10.7 Å². The van der Waals surface area contributed by atoms with Crippen molar-refractivity contribution in [3.63, 3.8) is 0 Å². The molecule has 0 saturated carbocycles. The quantitative estimate of drug-likeness (QED) is 0.318. The van der Waals surface area contributed by atoms with Gasteiger partial charge in [0.1, 0.15) is 0 Å². The second kappa shape index (κ2) is 5.52. The number of rotatable bonds is 1. The Bertz CT molecular complexity index is 608. The van der Waals surface area contributed by atoms with Gasteiger partial charge < -0.3 is 10.6 Å². The fourth-order valence-corrected chi connectivity index (χ4v) is 1.93. The van der Waals surface area contributed by atoms with Crippen molar-refractivity contribution in [3.05, 3.63) is 42.5 Å². The van der Waals surface area contributed by atoms with Crippen LogP contribution in [0.25, 0.3) is 10.8 Å². The van der Waals surface area contributed by atoms with Crippen LogP contribution in [0.4, 0.5) is 5.69 Å². The zero-order valence-electron chi connectivity index (χ0n) is 9.33. The molecule has 0 aliphatic rings. The highest BCUT2D eigenvalue weighted by atomic mass is 32.2. The molecule has 0 radical (unpaired) electrons. The molecule has 0 amide bonds. The van der Waals surface area contributed by atoms with Crippen LogP contribution in [0.2, 0.25) is 0 Å². The van der Waals surface area contributed by atoms with Gasteiger partial charge in [-0.05, 0) is 11.5 Å². The fraction of sp³-hybridized carbons (Fsp3) is 0. The Kier molecular flexibility index (Phi) is 3.81. The van der Waals surface area contributed by atoms with Crippen molar-refractivity contribution >= 4 is 38.6 Å². The number of fused-ring (bicyclic) bond motifs is 1. The molecule has 0 aromatic heterocycles. The summed E-state index contributed by atoms with van der Waals surface area (Å²) in [5, 5.41) is 17.5. The van der Waals surface area contributed by atoms with Crippen LogP contribution >= 0.6 is 11.8 Å². The SMILES string of the molecule is N=C(N)SC(=Nc1cccc2ccccc12)OO. The van der Waals surface area contributed by atoms with Crippen LogP contribution in [0.1, 0.15) is 0 Å². The minimum absolute atomic E-state index is 0.0844. The van der Waals surface area contributed by atoms with E-state index >= 15 is 0 Å². The predicted molar refractivity (Wildman–Crippen MR) is 74.3 cm³/mol. The second-order valence-electron chi connectivity index (χ2n) is 3.43. The molecule has 5 nitrogen and oxygen atoms in total. The van der Waals surface area contributed by atoms with E-state index in [1.54, 1.807) is 6.07 Å². The Labute approximate surface area is 108 Å². The van der Waals surface area contributed by atoms with Crippen molar-refractivity contribution in [3.8, 4) is 0 Å². The summed E-state index contributed by atoms with van der Waals surface area (Å²) in [7, 11) is 0. The minimum atomic E-state index is -0.206. The number of benzene rings is 2. The highest BCUT2D eigenvalue weighted by Gasteiger charge is 2.06. The third-order valence-electron chi connectivity index (χ3n) is 2.25. The van der Waals surface area contributed by atoms with Gasteiger partial charge in [-0.2, -0.15) is 0 Å². The molecule has 0 bridgehead atoms. The van der Waals surface area contributed by atoms with Crippen LogP contribution in [0.3, 0.4) is 0 Å². The van der Waals surface area contributed by atoms with Gasteiger partial charge in [0.05, 0.1) is 5.69 Å². The maximum atomic E-state index is 8.70. The van der Waals surface area contributed by atoms with Crippen molar-refractivity contribution in [1.29, 1.82) is 5.41 Å². The number of nitrogens with two attached hydrogens (primary N) is 1. The summed E-state index contributed by atoms with van der Waals surface area (Å²) in [5.74, 6) is 0.